The Morgan fingerprint density at radius 1 is 1.30 bits per heavy atom. The molecule has 2 fully saturated rings. The highest BCUT2D eigenvalue weighted by atomic mass is 19.1. The van der Waals surface area contributed by atoms with Crippen molar-refractivity contribution in [2.75, 3.05) is 26.2 Å². The van der Waals surface area contributed by atoms with Crippen LogP contribution in [-0.2, 0) is 0 Å². The van der Waals surface area contributed by atoms with Crippen LogP contribution in [-0.4, -0.2) is 46.2 Å². The molecule has 5 nitrogen and oxygen atoms in total. The number of nitrogens with zero attached hydrogens (tertiary/aromatic N) is 2. The number of piperidine rings is 1. The van der Waals surface area contributed by atoms with Crippen molar-refractivity contribution in [2.45, 2.75) is 37.8 Å². The van der Waals surface area contributed by atoms with Crippen LogP contribution < -0.4 is 11.0 Å². The molecule has 3 heterocycles. The molecular formula is C17H23FN4O. The van der Waals surface area contributed by atoms with Gasteiger partial charge < -0.3 is 10.3 Å². The van der Waals surface area contributed by atoms with Gasteiger partial charge in [-0.05, 0) is 50.9 Å². The summed E-state index contributed by atoms with van der Waals surface area (Å²) in [6.07, 6.45) is 3.04. The van der Waals surface area contributed by atoms with Crippen LogP contribution in [0.4, 0.5) is 4.39 Å². The van der Waals surface area contributed by atoms with Crippen LogP contribution in [0.15, 0.2) is 23.0 Å². The summed E-state index contributed by atoms with van der Waals surface area (Å²) in [5.41, 5.74) is 1.51. The van der Waals surface area contributed by atoms with Crippen molar-refractivity contribution in [1.82, 2.24) is 19.8 Å². The van der Waals surface area contributed by atoms with Gasteiger partial charge in [0.25, 0.3) is 0 Å². The highest BCUT2D eigenvalue weighted by Crippen LogP contribution is 2.31. The number of fused-ring (bicyclic) bond motifs is 1. The number of H-pyrrole nitrogens is 1. The first kappa shape index (κ1) is 14.9. The van der Waals surface area contributed by atoms with Crippen molar-refractivity contribution in [2.24, 2.45) is 0 Å². The quantitative estimate of drug-likeness (QED) is 0.889. The standard InChI is InChI=1S/C17H23FN4O/c1-17(6-7-19-11-17)21-8-4-13(5-9-21)22-15-10-12(18)2-3-14(15)20-16(22)23/h2-3,10,13,19H,4-9,11H2,1H3,(H,20,23). The number of rotatable bonds is 2. The SMILES string of the molecule is CC1(N2CCC(n3c(=O)[nH]c4ccc(F)cc43)CC2)CCNC1. The molecule has 0 spiro atoms. The van der Waals surface area contributed by atoms with Gasteiger partial charge >= 0.3 is 5.69 Å². The van der Waals surface area contributed by atoms with Gasteiger partial charge in [-0.1, -0.05) is 0 Å². The largest absolute Gasteiger partial charge is 0.326 e. The van der Waals surface area contributed by atoms with E-state index in [1.165, 1.54) is 18.6 Å². The van der Waals surface area contributed by atoms with Crippen LogP contribution in [0.1, 0.15) is 32.2 Å². The number of aromatic amines is 1. The van der Waals surface area contributed by atoms with E-state index in [9.17, 15) is 9.18 Å². The van der Waals surface area contributed by atoms with Gasteiger partial charge in [0.2, 0.25) is 0 Å². The molecule has 1 unspecified atom stereocenters. The molecule has 2 aliphatic rings. The van der Waals surface area contributed by atoms with Crippen LogP contribution in [0.3, 0.4) is 0 Å². The third-order valence-electron chi connectivity index (χ3n) is 5.62. The minimum atomic E-state index is -0.299. The van der Waals surface area contributed by atoms with Crippen molar-refractivity contribution in [3.05, 3.63) is 34.5 Å². The summed E-state index contributed by atoms with van der Waals surface area (Å²) >= 11 is 0. The maximum Gasteiger partial charge on any atom is 0.326 e. The normalized spacial score (nSPS) is 27.0. The second kappa shape index (κ2) is 5.46. The smallest absolute Gasteiger partial charge is 0.315 e. The monoisotopic (exact) mass is 318 g/mol. The molecule has 2 aliphatic heterocycles. The molecule has 1 atom stereocenters. The highest BCUT2D eigenvalue weighted by molar-refractivity contribution is 5.75. The summed E-state index contributed by atoms with van der Waals surface area (Å²) < 4.78 is 15.3. The summed E-state index contributed by atoms with van der Waals surface area (Å²) in [4.78, 5) is 17.7. The summed E-state index contributed by atoms with van der Waals surface area (Å²) in [6.45, 7) is 6.41. The average molecular weight is 318 g/mol. The van der Waals surface area contributed by atoms with Crippen LogP contribution >= 0.6 is 0 Å². The number of hydrogen-bond donors (Lipinski definition) is 2. The van der Waals surface area contributed by atoms with Gasteiger partial charge in [0.1, 0.15) is 5.82 Å². The van der Waals surface area contributed by atoms with E-state index in [1.54, 1.807) is 10.6 Å². The Balaban J connectivity index is 1.58. The zero-order chi connectivity index (χ0) is 16.0. The fourth-order valence-electron chi connectivity index (χ4n) is 4.19. The first-order valence-electron chi connectivity index (χ1n) is 8.42. The molecule has 2 aromatic rings. The van der Waals surface area contributed by atoms with Crippen LogP contribution in [0.5, 0.6) is 0 Å². The van der Waals surface area contributed by atoms with Crippen LogP contribution in [0.2, 0.25) is 0 Å². The van der Waals surface area contributed by atoms with Crippen molar-refractivity contribution in [3.8, 4) is 0 Å². The summed E-state index contributed by atoms with van der Waals surface area (Å²) in [6, 6.07) is 4.64. The number of hydrogen-bond acceptors (Lipinski definition) is 3. The molecular weight excluding hydrogens is 295 g/mol. The van der Waals surface area contributed by atoms with E-state index in [-0.39, 0.29) is 23.1 Å². The molecule has 2 saturated heterocycles. The lowest BCUT2D eigenvalue weighted by Gasteiger charge is -2.42. The van der Waals surface area contributed by atoms with E-state index in [2.05, 4.69) is 22.1 Å². The number of imidazole rings is 1. The third-order valence-corrected chi connectivity index (χ3v) is 5.62. The third kappa shape index (κ3) is 2.50. The summed E-state index contributed by atoms with van der Waals surface area (Å²) in [5.74, 6) is -0.299. The highest BCUT2D eigenvalue weighted by Gasteiger charge is 2.37. The maximum absolute atomic E-state index is 13.6. The first-order valence-corrected chi connectivity index (χ1v) is 8.42. The van der Waals surface area contributed by atoms with E-state index < -0.39 is 0 Å². The minimum Gasteiger partial charge on any atom is -0.315 e. The van der Waals surface area contributed by atoms with E-state index in [4.69, 9.17) is 0 Å². The Hall–Kier alpha value is -1.66. The molecule has 0 aliphatic carbocycles. The summed E-state index contributed by atoms with van der Waals surface area (Å²) in [7, 11) is 0. The number of benzene rings is 1. The maximum atomic E-state index is 13.6. The van der Waals surface area contributed by atoms with Crippen molar-refractivity contribution in [1.29, 1.82) is 0 Å². The number of nitrogens with one attached hydrogen (secondary N) is 2. The summed E-state index contributed by atoms with van der Waals surface area (Å²) in [5, 5.41) is 3.44. The Bertz CT molecular complexity index is 766. The van der Waals surface area contributed by atoms with Crippen LogP contribution in [0.25, 0.3) is 11.0 Å². The second-order valence-corrected chi connectivity index (χ2v) is 7.10. The number of halogens is 1. The topological polar surface area (TPSA) is 53.1 Å². The molecule has 0 saturated carbocycles. The molecule has 2 N–H and O–H groups in total. The number of likely N-dealkylation sites (tertiary alicyclic amines) is 1. The molecule has 0 bridgehead atoms. The lowest BCUT2D eigenvalue weighted by Crippen LogP contribution is -2.51. The predicted molar refractivity (Wildman–Crippen MR) is 88.3 cm³/mol. The van der Waals surface area contributed by atoms with Gasteiger partial charge in [-0.15, -0.1) is 0 Å². The van der Waals surface area contributed by atoms with Crippen molar-refractivity contribution >= 4 is 11.0 Å². The van der Waals surface area contributed by atoms with Gasteiger partial charge in [-0.25, -0.2) is 9.18 Å². The Morgan fingerprint density at radius 2 is 2.09 bits per heavy atom. The molecule has 6 heteroatoms. The van der Waals surface area contributed by atoms with E-state index in [0.29, 0.717) is 11.0 Å². The molecule has 4 rings (SSSR count). The fourth-order valence-corrected chi connectivity index (χ4v) is 4.19. The van der Waals surface area contributed by atoms with Crippen LogP contribution in [0, 0.1) is 5.82 Å². The Labute approximate surface area is 134 Å². The fraction of sp³-hybridized carbons (Fsp3) is 0.588. The van der Waals surface area contributed by atoms with Gasteiger partial charge in [0.05, 0.1) is 11.0 Å². The van der Waals surface area contributed by atoms with Gasteiger partial charge in [-0.3, -0.25) is 9.47 Å². The lowest BCUT2D eigenvalue weighted by atomic mass is 9.94. The molecule has 23 heavy (non-hydrogen) atoms. The zero-order valence-electron chi connectivity index (χ0n) is 13.4. The van der Waals surface area contributed by atoms with Gasteiger partial charge in [-0.2, -0.15) is 0 Å². The number of aromatic nitrogens is 2. The molecule has 1 aromatic carbocycles. The zero-order valence-corrected chi connectivity index (χ0v) is 13.4. The molecule has 1 aromatic heterocycles. The van der Waals surface area contributed by atoms with E-state index in [1.807, 2.05) is 0 Å². The van der Waals surface area contributed by atoms with Crippen molar-refractivity contribution < 1.29 is 4.39 Å². The molecule has 0 amide bonds. The van der Waals surface area contributed by atoms with Gasteiger partial charge in [0.15, 0.2) is 0 Å². The van der Waals surface area contributed by atoms with E-state index in [0.717, 1.165) is 39.0 Å². The van der Waals surface area contributed by atoms with Gasteiger partial charge in [0, 0.05) is 31.2 Å². The lowest BCUT2D eigenvalue weighted by molar-refractivity contribution is 0.0778. The van der Waals surface area contributed by atoms with E-state index >= 15 is 0 Å². The Kier molecular flexibility index (Phi) is 3.54. The first-order chi connectivity index (χ1) is 11.1. The molecule has 0 radical (unpaired) electrons. The predicted octanol–water partition coefficient (Wildman–Crippen LogP) is 1.86. The second-order valence-electron chi connectivity index (χ2n) is 7.10. The average Bonchev–Trinajstić information content (AvgIpc) is 3.11. The van der Waals surface area contributed by atoms with Crippen molar-refractivity contribution in [3.63, 3.8) is 0 Å². The molecule has 124 valence electrons. The minimum absolute atomic E-state index is 0.127. The Morgan fingerprint density at radius 3 is 2.78 bits per heavy atom.